The number of esters is 1. The Morgan fingerprint density at radius 2 is 2.00 bits per heavy atom. The zero-order valence-corrected chi connectivity index (χ0v) is 12.4. The Kier molecular flexibility index (Phi) is 3.70. The first kappa shape index (κ1) is 14.0. The van der Waals surface area contributed by atoms with Crippen LogP contribution >= 0.6 is 0 Å². The summed E-state index contributed by atoms with van der Waals surface area (Å²) in [6.07, 6.45) is 3.65. The second kappa shape index (κ2) is 5.81. The first-order valence-electron chi connectivity index (χ1n) is 6.82. The number of imidazole rings is 1. The summed E-state index contributed by atoms with van der Waals surface area (Å²) in [5.74, 6) is 0.418. The van der Waals surface area contributed by atoms with Crippen molar-refractivity contribution in [2.75, 3.05) is 7.11 Å². The predicted octanol–water partition coefficient (Wildman–Crippen LogP) is 2.94. The van der Waals surface area contributed by atoms with E-state index >= 15 is 0 Å². The number of nitrogens with zero attached hydrogens (tertiary/aromatic N) is 3. The number of aryl methyl sites for hydroxylation is 1. The van der Waals surface area contributed by atoms with Gasteiger partial charge in [0.2, 0.25) is 0 Å². The lowest BCUT2D eigenvalue weighted by Crippen LogP contribution is -2.00. The van der Waals surface area contributed by atoms with Gasteiger partial charge in [-0.2, -0.15) is 0 Å². The molecule has 0 N–H and O–H groups in total. The van der Waals surface area contributed by atoms with Gasteiger partial charge >= 0.3 is 5.97 Å². The highest BCUT2D eigenvalue weighted by molar-refractivity contribution is 5.90. The molecule has 2 aromatic heterocycles. The molecule has 0 aliphatic carbocycles. The monoisotopic (exact) mass is 293 g/mol. The number of hydrogen-bond donors (Lipinski definition) is 0. The van der Waals surface area contributed by atoms with Crippen LogP contribution in [0.15, 0.2) is 54.9 Å². The van der Waals surface area contributed by atoms with Gasteiger partial charge in [0.05, 0.1) is 18.4 Å². The molecule has 0 amide bonds. The van der Waals surface area contributed by atoms with E-state index in [4.69, 9.17) is 4.74 Å². The topological polar surface area (TPSA) is 57.0 Å². The maximum Gasteiger partial charge on any atom is 0.337 e. The van der Waals surface area contributed by atoms with Crippen molar-refractivity contribution >= 4 is 5.97 Å². The number of carbonyl (C=O) groups excluding carboxylic acids is 1. The minimum atomic E-state index is -0.359. The van der Waals surface area contributed by atoms with Crippen molar-refractivity contribution in [3.05, 3.63) is 60.4 Å². The summed E-state index contributed by atoms with van der Waals surface area (Å²) in [5, 5.41) is 0. The lowest BCUT2D eigenvalue weighted by molar-refractivity contribution is 0.0601. The minimum absolute atomic E-state index is 0.359. The normalized spacial score (nSPS) is 10.5. The number of pyridine rings is 1. The quantitative estimate of drug-likeness (QED) is 0.697. The van der Waals surface area contributed by atoms with E-state index in [-0.39, 0.29) is 5.97 Å². The van der Waals surface area contributed by atoms with E-state index in [1.165, 1.54) is 7.11 Å². The summed E-state index contributed by atoms with van der Waals surface area (Å²) in [5.41, 5.74) is 2.96. The molecule has 3 rings (SSSR count). The Morgan fingerprint density at radius 3 is 2.73 bits per heavy atom. The second-order valence-electron chi connectivity index (χ2n) is 4.85. The molecule has 0 fully saturated rings. The van der Waals surface area contributed by atoms with Crippen LogP contribution in [0.5, 0.6) is 0 Å². The van der Waals surface area contributed by atoms with E-state index in [0.717, 1.165) is 22.8 Å². The molecule has 22 heavy (non-hydrogen) atoms. The van der Waals surface area contributed by atoms with Gasteiger partial charge in [0, 0.05) is 25.0 Å². The molecule has 0 unspecified atom stereocenters. The molecular formula is C17H15N3O2. The van der Waals surface area contributed by atoms with Crippen molar-refractivity contribution in [1.29, 1.82) is 0 Å². The van der Waals surface area contributed by atoms with Crippen LogP contribution in [-0.2, 0) is 11.8 Å². The van der Waals surface area contributed by atoms with Gasteiger partial charge in [-0.25, -0.2) is 9.78 Å². The van der Waals surface area contributed by atoms with Gasteiger partial charge in [-0.15, -0.1) is 0 Å². The largest absolute Gasteiger partial charge is 0.465 e. The molecule has 0 aliphatic heterocycles. The van der Waals surface area contributed by atoms with Gasteiger partial charge < -0.3 is 9.30 Å². The SMILES string of the molecule is COC(=O)c1cccc(-c2cn(C)c(-c3ccccn3)n2)c1. The number of benzene rings is 1. The lowest BCUT2D eigenvalue weighted by atomic mass is 10.1. The molecule has 5 heteroatoms. The zero-order chi connectivity index (χ0) is 15.5. The van der Waals surface area contributed by atoms with Crippen molar-refractivity contribution in [3.8, 4) is 22.8 Å². The van der Waals surface area contributed by atoms with Crippen LogP contribution in [0.3, 0.4) is 0 Å². The molecule has 0 radical (unpaired) electrons. The molecule has 5 nitrogen and oxygen atoms in total. The third-order valence-corrected chi connectivity index (χ3v) is 3.35. The van der Waals surface area contributed by atoms with Gasteiger partial charge in [0.1, 0.15) is 5.69 Å². The Morgan fingerprint density at radius 1 is 1.14 bits per heavy atom. The zero-order valence-electron chi connectivity index (χ0n) is 12.4. The minimum Gasteiger partial charge on any atom is -0.465 e. The molecule has 1 aromatic carbocycles. The highest BCUT2D eigenvalue weighted by atomic mass is 16.5. The Bertz CT molecular complexity index is 810. The molecule has 0 saturated carbocycles. The van der Waals surface area contributed by atoms with Crippen LogP contribution in [0, 0.1) is 0 Å². The molecule has 0 bridgehead atoms. The summed E-state index contributed by atoms with van der Waals surface area (Å²) in [4.78, 5) is 20.6. The fourth-order valence-electron chi connectivity index (χ4n) is 2.26. The van der Waals surface area contributed by atoms with Crippen LogP contribution < -0.4 is 0 Å². The van der Waals surface area contributed by atoms with Gasteiger partial charge in [0.25, 0.3) is 0 Å². The molecule has 2 heterocycles. The highest BCUT2D eigenvalue weighted by Gasteiger charge is 2.12. The van der Waals surface area contributed by atoms with Gasteiger partial charge in [0.15, 0.2) is 5.82 Å². The Hall–Kier alpha value is -2.95. The van der Waals surface area contributed by atoms with Crippen molar-refractivity contribution in [3.63, 3.8) is 0 Å². The maximum atomic E-state index is 11.6. The van der Waals surface area contributed by atoms with Gasteiger partial charge in [-0.05, 0) is 24.3 Å². The van der Waals surface area contributed by atoms with Crippen molar-refractivity contribution in [1.82, 2.24) is 14.5 Å². The van der Waals surface area contributed by atoms with Crippen LogP contribution in [0.25, 0.3) is 22.8 Å². The van der Waals surface area contributed by atoms with Crippen LogP contribution in [0.4, 0.5) is 0 Å². The molecule has 0 saturated heterocycles. The fourth-order valence-corrected chi connectivity index (χ4v) is 2.26. The number of methoxy groups -OCH3 is 1. The van der Waals surface area contributed by atoms with Crippen molar-refractivity contribution in [2.45, 2.75) is 0 Å². The van der Waals surface area contributed by atoms with E-state index in [2.05, 4.69) is 9.97 Å². The predicted molar refractivity (Wildman–Crippen MR) is 83.2 cm³/mol. The summed E-state index contributed by atoms with van der Waals surface area (Å²) in [6, 6.07) is 12.9. The number of aromatic nitrogens is 3. The average molecular weight is 293 g/mol. The van der Waals surface area contributed by atoms with E-state index in [9.17, 15) is 4.79 Å². The van der Waals surface area contributed by atoms with Gasteiger partial charge in [-0.3, -0.25) is 4.98 Å². The molecule has 3 aromatic rings. The summed E-state index contributed by atoms with van der Waals surface area (Å²) in [7, 11) is 3.29. The smallest absolute Gasteiger partial charge is 0.337 e. The molecule has 0 aliphatic rings. The second-order valence-corrected chi connectivity index (χ2v) is 4.85. The Balaban J connectivity index is 2.02. The third kappa shape index (κ3) is 2.61. The third-order valence-electron chi connectivity index (χ3n) is 3.35. The van der Waals surface area contributed by atoms with Crippen LogP contribution in [-0.4, -0.2) is 27.6 Å². The van der Waals surface area contributed by atoms with Gasteiger partial charge in [-0.1, -0.05) is 18.2 Å². The Labute approximate surface area is 128 Å². The highest BCUT2D eigenvalue weighted by Crippen LogP contribution is 2.23. The maximum absolute atomic E-state index is 11.6. The standard InChI is InChI=1S/C17H15N3O2/c1-20-11-15(19-16(20)14-8-3-4-9-18-14)12-6-5-7-13(10-12)17(21)22-2/h3-11H,1-2H3. The first-order valence-corrected chi connectivity index (χ1v) is 6.82. The van der Waals surface area contributed by atoms with Crippen molar-refractivity contribution in [2.24, 2.45) is 7.05 Å². The summed E-state index contributed by atoms with van der Waals surface area (Å²) in [6.45, 7) is 0. The molecule has 110 valence electrons. The first-order chi connectivity index (χ1) is 10.7. The summed E-state index contributed by atoms with van der Waals surface area (Å²) >= 11 is 0. The molecule has 0 atom stereocenters. The van der Waals surface area contributed by atoms with E-state index < -0.39 is 0 Å². The van der Waals surface area contributed by atoms with Crippen LogP contribution in [0.1, 0.15) is 10.4 Å². The van der Waals surface area contributed by atoms with Crippen LogP contribution in [0.2, 0.25) is 0 Å². The molecule has 0 spiro atoms. The fraction of sp³-hybridized carbons (Fsp3) is 0.118. The number of hydrogen-bond acceptors (Lipinski definition) is 4. The van der Waals surface area contributed by atoms with E-state index in [0.29, 0.717) is 5.56 Å². The number of rotatable bonds is 3. The van der Waals surface area contributed by atoms with Crippen molar-refractivity contribution < 1.29 is 9.53 Å². The van der Waals surface area contributed by atoms with E-state index in [1.54, 1.807) is 18.3 Å². The van der Waals surface area contributed by atoms with E-state index in [1.807, 2.05) is 48.1 Å². The summed E-state index contributed by atoms with van der Waals surface area (Å²) < 4.78 is 6.67. The number of ether oxygens (including phenoxy) is 1. The average Bonchev–Trinajstić information content (AvgIpc) is 2.97. The number of carbonyl (C=O) groups is 1. The lowest BCUT2D eigenvalue weighted by Gasteiger charge is -2.01. The molecular weight excluding hydrogens is 278 g/mol.